The van der Waals surface area contributed by atoms with Crippen LogP contribution in [0.4, 0.5) is 0 Å². The quantitative estimate of drug-likeness (QED) is 0.0222. The van der Waals surface area contributed by atoms with Gasteiger partial charge in [0, 0.05) is 13.3 Å². The van der Waals surface area contributed by atoms with Gasteiger partial charge >= 0.3 is 19.8 Å². The number of hydrogen-bond donors (Lipinski definition) is 6. The maximum absolute atomic E-state index is 12.4. The highest BCUT2D eigenvalue weighted by atomic mass is 31.2. The Morgan fingerprint density at radius 3 is 1.30 bits per heavy atom. The third-order valence-electron chi connectivity index (χ3n) is 9.95. The van der Waals surface area contributed by atoms with E-state index < -0.39 is 75.7 Å². The van der Waals surface area contributed by atoms with Crippen molar-refractivity contribution in [3.05, 3.63) is 0 Å². The fourth-order valence-electron chi connectivity index (χ4n) is 6.71. The van der Waals surface area contributed by atoms with Crippen LogP contribution in [-0.4, -0.2) is 98.3 Å². The lowest BCUT2D eigenvalue weighted by molar-refractivity contribution is -0.230. The standard InChI is InChI=1S/C39H75O13P/c1-3-4-5-6-7-8-9-10-11-12-13-14-15-16-17-18-19-20-21-22-23-24-25-26-27-28-33(42)49-29-32(41)30-50-53(47,48)52-39-37(46)35(44)34(43)36(45)38(39)51-31(2)40/h32,34-39,41,43-46H,3-30H2,1-2H3,(H,47,48)/t32-,34-,35?,36?,37?,38?,39-/m0/s1. The first-order valence-electron chi connectivity index (χ1n) is 20.8. The summed E-state index contributed by atoms with van der Waals surface area (Å²) in [7, 11) is -5.06. The molecule has 5 unspecified atom stereocenters. The molecule has 1 aliphatic carbocycles. The monoisotopic (exact) mass is 782 g/mol. The van der Waals surface area contributed by atoms with Gasteiger partial charge in [0.1, 0.15) is 43.2 Å². The van der Waals surface area contributed by atoms with Crippen LogP contribution in [0.1, 0.15) is 181 Å². The largest absolute Gasteiger partial charge is 0.472 e. The third kappa shape index (κ3) is 24.9. The zero-order chi connectivity index (χ0) is 39.3. The number of rotatable bonds is 34. The Morgan fingerprint density at radius 2 is 0.925 bits per heavy atom. The van der Waals surface area contributed by atoms with E-state index in [0.29, 0.717) is 6.42 Å². The van der Waals surface area contributed by atoms with Crippen molar-refractivity contribution in [2.75, 3.05) is 13.2 Å². The molecule has 0 heterocycles. The summed E-state index contributed by atoms with van der Waals surface area (Å²) in [6, 6.07) is 0. The van der Waals surface area contributed by atoms with Crippen LogP contribution in [0.15, 0.2) is 0 Å². The van der Waals surface area contributed by atoms with E-state index in [1.54, 1.807) is 0 Å². The normalized spacial score (nSPS) is 23.4. The molecule has 1 aliphatic rings. The number of carbonyl (C=O) groups excluding carboxylic acids is 2. The molecule has 0 aromatic carbocycles. The highest BCUT2D eigenvalue weighted by Gasteiger charge is 2.53. The molecule has 1 rings (SSSR count). The van der Waals surface area contributed by atoms with E-state index >= 15 is 0 Å². The van der Waals surface area contributed by atoms with E-state index in [2.05, 4.69) is 6.92 Å². The van der Waals surface area contributed by atoms with Crippen molar-refractivity contribution >= 4 is 19.8 Å². The molecular weight excluding hydrogens is 707 g/mol. The van der Waals surface area contributed by atoms with E-state index in [9.17, 15) is 44.6 Å². The Hall–Kier alpha value is -1.15. The van der Waals surface area contributed by atoms with E-state index in [4.69, 9.17) is 18.5 Å². The molecule has 13 nitrogen and oxygen atoms in total. The molecule has 1 saturated carbocycles. The number of ether oxygens (including phenoxy) is 2. The van der Waals surface area contributed by atoms with Crippen molar-refractivity contribution < 1.29 is 63.1 Å². The van der Waals surface area contributed by atoms with Crippen molar-refractivity contribution in [1.82, 2.24) is 0 Å². The molecule has 6 N–H and O–H groups in total. The zero-order valence-electron chi connectivity index (χ0n) is 32.8. The summed E-state index contributed by atoms with van der Waals surface area (Å²) in [6.45, 7) is 1.94. The number of phosphoric acid groups is 1. The first kappa shape index (κ1) is 49.9. The molecule has 14 heteroatoms. The second-order valence-electron chi connectivity index (χ2n) is 14.9. The number of hydrogen-bond acceptors (Lipinski definition) is 12. The zero-order valence-corrected chi connectivity index (χ0v) is 33.7. The van der Waals surface area contributed by atoms with E-state index in [0.717, 1.165) is 26.2 Å². The van der Waals surface area contributed by atoms with Gasteiger partial charge in [-0.2, -0.15) is 0 Å². The van der Waals surface area contributed by atoms with Gasteiger partial charge in [-0.15, -0.1) is 0 Å². The Labute approximate surface area is 319 Å². The lowest BCUT2D eigenvalue weighted by Crippen LogP contribution is -2.65. The number of esters is 2. The molecule has 0 spiro atoms. The van der Waals surface area contributed by atoms with Gasteiger partial charge in [-0.25, -0.2) is 4.57 Å². The molecule has 0 bridgehead atoms. The second-order valence-corrected chi connectivity index (χ2v) is 16.3. The number of phosphoric ester groups is 1. The maximum Gasteiger partial charge on any atom is 0.472 e. The molecule has 1 fully saturated rings. The van der Waals surface area contributed by atoms with Crippen LogP contribution in [0.3, 0.4) is 0 Å². The molecule has 53 heavy (non-hydrogen) atoms. The van der Waals surface area contributed by atoms with Crippen LogP contribution in [0.5, 0.6) is 0 Å². The number of aliphatic hydroxyl groups is 5. The Balaban J connectivity index is 1.97. The minimum absolute atomic E-state index is 0.183. The van der Waals surface area contributed by atoms with E-state index in [1.807, 2.05) is 0 Å². The van der Waals surface area contributed by atoms with Gasteiger partial charge in [0.05, 0.1) is 6.61 Å². The Kier molecular flexibility index (Phi) is 29.2. The van der Waals surface area contributed by atoms with Gasteiger partial charge in [0.2, 0.25) is 0 Å². The van der Waals surface area contributed by atoms with Gasteiger partial charge in [-0.1, -0.05) is 161 Å². The smallest absolute Gasteiger partial charge is 0.463 e. The summed E-state index contributed by atoms with van der Waals surface area (Å²) in [5.41, 5.74) is 0. The van der Waals surface area contributed by atoms with Crippen LogP contribution >= 0.6 is 7.82 Å². The van der Waals surface area contributed by atoms with Crippen LogP contribution in [0.25, 0.3) is 0 Å². The minimum atomic E-state index is -5.06. The van der Waals surface area contributed by atoms with Crippen molar-refractivity contribution in [3.8, 4) is 0 Å². The molecule has 0 saturated heterocycles. The average Bonchev–Trinajstić information content (AvgIpc) is 3.12. The van der Waals surface area contributed by atoms with Crippen molar-refractivity contribution in [2.24, 2.45) is 0 Å². The summed E-state index contributed by atoms with van der Waals surface area (Å²) in [5.74, 6) is -1.47. The van der Waals surface area contributed by atoms with Crippen LogP contribution < -0.4 is 0 Å². The first-order chi connectivity index (χ1) is 25.4. The van der Waals surface area contributed by atoms with Gasteiger partial charge in [0.25, 0.3) is 0 Å². The molecule has 0 amide bonds. The Bertz CT molecular complexity index is 970. The van der Waals surface area contributed by atoms with Crippen LogP contribution in [0, 0.1) is 0 Å². The molecular formula is C39H75O13P. The van der Waals surface area contributed by atoms with Gasteiger partial charge in [-0.05, 0) is 6.42 Å². The topological polar surface area (TPSA) is 210 Å². The molecule has 0 aliphatic heterocycles. The number of aliphatic hydroxyl groups excluding tert-OH is 5. The predicted molar refractivity (Wildman–Crippen MR) is 203 cm³/mol. The predicted octanol–water partition coefficient (Wildman–Crippen LogP) is 6.94. The minimum Gasteiger partial charge on any atom is -0.463 e. The van der Waals surface area contributed by atoms with Crippen molar-refractivity contribution in [2.45, 2.75) is 224 Å². The molecule has 8 atom stereocenters. The number of unbranched alkanes of at least 4 members (excludes halogenated alkanes) is 24. The lowest BCUT2D eigenvalue weighted by Gasteiger charge is -2.43. The maximum atomic E-state index is 12.4. The molecule has 0 radical (unpaired) electrons. The van der Waals surface area contributed by atoms with E-state index in [-0.39, 0.29) is 6.42 Å². The summed E-state index contributed by atoms with van der Waals surface area (Å²) in [5, 5.41) is 50.2. The second kappa shape index (κ2) is 31.0. The fraction of sp³-hybridized carbons (Fsp3) is 0.949. The average molecular weight is 783 g/mol. The summed E-state index contributed by atoms with van der Waals surface area (Å²) in [6.07, 6.45) is 19.6. The first-order valence-corrected chi connectivity index (χ1v) is 22.3. The van der Waals surface area contributed by atoms with Crippen LogP contribution in [-0.2, 0) is 32.7 Å². The third-order valence-corrected chi connectivity index (χ3v) is 10.9. The fourth-order valence-corrected chi connectivity index (χ4v) is 7.69. The molecule has 314 valence electrons. The highest BCUT2D eigenvalue weighted by molar-refractivity contribution is 7.47. The van der Waals surface area contributed by atoms with Crippen molar-refractivity contribution in [1.29, 1.82) is 0 Å². The van der Waals surface area contributed by atoms with Gasteiger partial charge < -0.3 is 39.9 Å². The van der Waals surface area contributed by atoms with Crippen LogP contribution in [0.2, 0.25) is 0 Å². The van der Waals surface area contributed by atoms with Crippen molar-refractivity contribution in [3.63, 3.8) is 0 Å². The van der Waals surface area contributed by atoms with E-state index in [1.165, 1.54) is 135 Å². The highest BCUT2D eigenvalue weighted by Crippen LogP contribution is 2.47. The molecule has 0 aromatic rings. The molecule has 0 aromatic heterocycles. The number of carbonyl (C=O) groups is 2. The van der Waals surface area contributed by atoms with Gasteiger partial charge in [-0.3, -0.25) is 18.6 Å². The van der Waals surface area contributed by atoms with Gasteiger partial charge in [0.15, 0.2) is 6.10 Å². The lowest BCUT2D eigenvalue weighted by atomic mass is 9.85. The summed E-state index contributed by atoms with van der Waals surface area (Å²) in [4.78, 5) is 33.5. The summed E-state index contributed by atoms with van der Waals surface area (Å²) >= 11 is 0. The Morgan fingerprint density at radius 1 is 0.566 bits per heavy atom. The summed E-state index contributed by atoms with van der Waals surface area (Å²) < 4.78 is 31.8. The SMILES string of the molecule is CCCCCCCCCCCCCCCCCCCCCCCCCCCC(=O)OC[C@H](O)COP(=O)(O)O[C@H]1C(O)C(O)[C@H](O)C(O)C1OC(C)=O.